The molecule has 0 saturated heterocycles. The van der Waals surface area contributed by atoms with Crippen molar-refractivity contribution in [3.05, 3.63) is 77.5 Å². The molecule has 0 unspecified atom stereocenters. The van der Waals surface area contributed by atoms with Crippen LogP contribution < -0.4 is 5.32 Å². The Morgan fingerprint density at radius 3 is 2.36 bits per heavy atom. The summed E-state index contributed by atoms with van der Waals surface area (Å²) in [6.07, 6.45) is 1.33. The Kier molecular flexibility index (Phi) is 4.99. The molecule has 0 aliphatic rings. The third kappa shape index (κ3) is 4.38. The predicted molar refractivity (Wildman–Crippen MR) is 92.5 cm³/mol. The van der Waals surface area contributed by atoms with Crippen LogP contribution in [0.25, 0.3) is 0 Å². The SMILES string of the molecule is CC(=O)c1ccc(NC(=O)c2nnc(CCc3ccccc3)o2)cc1. The van der Waals surface area contributed by atoms with Crippen molar-refractivity contribution in [3.63, 3.8) is 0 Å². The number of anilines is 1. The van der Waals surface area contributed by atoms with E-state index in [2.05, 4.69) is 15.5 Å². The number of Topliss-reactive ketones (excluding diaryl/α,β-unsaturated/α-hetero) is 1. The average Bonchev–Trinajstić information content (AvgIpc) is 3.10. The summed E-state index contributed by atoms with van der Waals surface area (Å²) in [5.74, 6) is -0.175. The fourth-order valence-electron chi connectivity index (χ4n) is 2.32. The van der Waals surface area contributed by atoms with Crippen LogP contribution in [-0.2, 0) is 12.8 Å². The Balaban J connectivity index is 1.59. The third-order valence-corrected chi connectivity index (χ3v) is 3.68. The highest BCUT2D eigenvalue weighted by molar-refractivity contribution is 6.01. The smallest absolute Gasteiger partial charge is 0.313 e. The highest BCUT2D eigenvalue weighted by atomic mass is 16.4. The van der Waals surface area contributed by atoms with Gasteiger partial charge in [0.05, 0.1) is 0 Å². The van der Waals surface area contributed by atoms with E-state index in [0.717, 1.165) is 12.0 Å². The van der Waals surface area contributed by atoms with E-state index in [1.165, 1.54) is 6.92 Å². The largest absolute Gasteiger partial charge is 0.417 e. The summed E-state index contributed by atoms with van der Waals surface area (Å²) in [5.41, 5.74) is 2.30. The standard InChI is InChI=1S/C19H17N3O3/c1-13(23)15-8-10-16(11-9-15)20-18(24)19-22-21-17(25-19)12-7-14-5-3-2-4-6-14/h2-6,8-11H,7,12H2,1H3,(H,20,24). The van der Waals surface area contributed by atoms with Crippen molar-refractivity contribution in [3.8, 4) is 0 Å². The molecule has 3 aromatic rings. The van der Waals surface area contributed by atoms with Gasteiger partial charge in [-0.2, -0.15) is 0 Å². The van der Waals surface area contributed by atoms with Gasteiger partial charge in [0.1, 0.15) is 0 Å². The fraction of sp³-hybridized carbons (Fsp3) is 0.158. The number of carbonyl (C=O) groups is 2. The number of nitrogens with one attached hydrogen (secondary N) is 1. The lowest BCUT2D eigenvalue weighted by molar-refractivity contribution is 0.0987. The molecule has 2 aromatic carbocycles. The third-order valence-electron chi connectivity index (χ3n) is 3.68. The van der Waals surface area contributed by atoms with Gasteiger partial charge in [-0.05, 0) is 43.2 Å². The molecule has 126 valence electrons. The quantitative estimate of drug-likeness (QED) is 0.699. The van der Waals surface area contributed by atoms with Gasteiger partial charge in [0, 0.05) is 17.7 Å². The summed E-state index contributed by atoms with van der Waals surface area (Å²) in [6.45, 7) is 1.49. The molecule has 0 atom stereocenters. The van der Waals surface area contributed by atoms with Crippen molar-refractivity contribution in [1.82, 2.24) is 10.2 Å². The Morgan fingerprint density at radius 2 is 1.68 bits per heavy atom. The van der Waals surface area contributed by atoms with Crippen molar-refractivity contribution >= 4 is 17.4 Å². The van der Waals surface area contributed by atoms with E-state index in [1.807, 2.05) is 30.3 Å². The second-order valence-electron chi connectivity index (χ2n) is 5.57. The summed E-state index contributed by atoms with van der Waals surface area (Å²) >= 11 is 0. The van der Waals surface area contributed by atoms with E-state index in [4.69, 9.17) is 4.42 Å². The van der Waals surface area contributed by atoms with Crippen molar-refractivity contribution in [2.75, 3.05) is 5.32 Å². The molecule has 0 radical (unpaired) electrons. The molecular formula is C19H17N3O3. The van der Waals surface area contributed by atoms with E-state index in [1.54, 1.807) is 24.3 Å². The molecule has 1 amide bonds. The van der Waals surface area contributed by atoms with Gasteiger partial charge in [0.25, 0.3) is 0 Å². The van der Waals surface area contributed by atoms with Gasteiger partial charge >= 0.3 is 11.8 Å². The molecule has 0 spiro atoms. The van der Waals surface area contributed by atoms with Crippen LogP contribution in [0.2, 0.25) is 0 Å². The summed E-state index contributed by atoms with van der Waals surface area (Å²) in [6, 6.07) is 16.6. The Hall–Kier alpha value is -3.28. The molecule has 1 aromatic heterocycles. The predicted octanol–water partition coefficient (Wildman–Crippen LogP) is 3.31. The second-order valence-corrected chi connectivity index (χ2v) is 5.57. The topological polar surface area (TPSA) is 85.1 Å². The van der Waals surface area contributed by atoms with E-state index < -0.39 is 5.91 Å². The monoisotopic (exact) mass is 335 g/mol. The molecule has 0 aliphatic carbocycles. The Bertz CT molecular complexity index is 870. The van der Waals surface area contributed by atoms with Crippen LogP contribution in [0.4, 0.5) is 5.69 Å². The van der Waals surface area contributed by atoms with Crippen molar-refractivity contribution in [2.24, 2.45) is 0 Å². The minimum atomic E-state index is -0.478. The fourth-order valence-corrected chi connectivity index (χ4v) is 2.32. The zero-order valence-electron chi connectivity index (χ0n) is 13.7. The number of nitrogens with zero attached hydrogens (tertiary/aromatic N) is 2. The molecule has 25 heavy (non-hydrogen) atoms. The molecule has 0 aliphatic heterocycles. The highest BCUT2D eigenvalue weighted by Crippen LogP contribution is 2.12. The lowest BCUT2D eigenvalue weighted by Crippen LogP contribution is -2.12. The molecule has 0 fully saturated rings. The van der Waals surface area contributed by atoms with Crippen LogP contribution in [0.5, 0.6) is 0 Å². The van der Waals surface area contributed by atoms with Crippen LogP contribution in [0.1, 0.15) is 39.4 Å². The van der Waals surface area contributed by atoms with Gasteiger partial charge in [0.2, 0.25) is 5.89 Å². The molecule has 1 N–H and O–H groups in total. The molecule has 1 heterocycles. The Labute approximate surface area is 144 Å². The first-order valence-electron chi connectivity index (χ1n) is 7.90. The van der Waals surface area contributed by atoms with Crippen molar-refractivity contribution < 1.29 is 14.0 Å². The van der Waals surface area contributed by atoms with Crippen LogP contribution in [0.3, 0.4) is 0 Å². The minimum absolute atomic E-state index is 0.0298. The molecular weight excluding hydrogens is 318 g/mol. The maximum Gasteiger partial charge on any atom is 0.313 e. The van der Waals surface area contributed by atoms with Crippen molar-refractivity contribution in [1.29, 1.82) is 0 Å². The van der Waals surface area contributed by atoms with Crippen LogP contribution in [-0.4, -0.2) is 21.9 Å². The maximum absolute atomic E-state index is 12.1. The summed E-state index contributed by atoms with van der Waals surface area (Å²) in [4.78, 5) is 23.4. The Morgan fingerprint density at radius 1 is 0.960 bits per heavy atom. The molecule has 0 bridgehead atoms. The first kappa shape index (κ1) is 16.6. The van der Waals surface area contributed by atoms with Crippen LogP contribution in [0.15, 0.2) is 59.0 Å². The molecule has 3 rings (SSSR count). The lowest BCUT2D eigenvalue weighted by Gasteiger charge is -2.02. The average molecular weight is 335 g/mol. The lowest BCUT2D eigenvalue weighted by atomic mass is 10.1. The number of aromatic nitrogens is 2. The molecule has 6 heteroatoms. The van der Waals surface area contributed by atoms with Crippen molar-refractivity contribution in [2.45, 2.75) is 19.8 Å². The number of rotatable bonds is 6. The molecule has 6 nitrogen and oxygen atoms in total. The molecule has 0 saturated carbocycles. The van der Waals surface area contributed by atoms with Crippen LogP contribution >= 0.6 is 0 Å². The second kappa shape index (κ2) is 7.53. The van der Waals surface area contributed by atoms with Gasteiger partial charge in [-0.25, -0.2) is 0 Å². The zero-order chi connectivity index (χ0) is 17.6. The number of aryl methyl sites for hydroxylation is 2. The normalized spacial score (nSPS) is 10.4. The highest BCUT2D eigenvalue weighted by Gasteiger charge is 2.15. The van der Waals surface area contributed by atoms with Gasteiger partial charge in [-0.1, -0.05) is 30.3 Å². The van der Waals surface area contributed by atoms with Gasteiger partial charge < -0.3 is 9.73 Å². The maximum atomic E-state index is 12.1. The van der Waals surface area contributed by atoms with Gasteiger partial charge in [-0.15, -0.1) is 10.2 Å². The summed E-state index contributed by atoms with van der Waals surface area (Å²) in [5, 5.41) is 10.4. The summed E-state index contributed by atoms with van der Waals surface area (Å²) in [7, 11) is 0. The van der Waals surface area contributed by atoms with E-state index >= 15 is 0 Å². The minimum Gasteiger partial charge on any atom is -0.417 e. The van der Waals surface area contributed by atoms with E-state index in [9.17, 15) is 9.59 Å². The number of ketones is 1. The van der Waals surface area contributed by atoms with Crippen LogP contribution in [0, 0.1) is 0 Å². The number of benzene rings is 2. The van der Waals surface area contributed by atoms with E-state index in [-0.39, 0.29) is 11.7 Å². The number of hydrogen-bond donors (Lipinski definition) is 1. The van der Waals surface area contributed by atoms with E-state index in [0.29, 0.717) is 23.6 Å². The number of hydrogen-bond acceptors (Lipinski definition) is 5. The number of amides is 1. The van der Waals surface area contributed by atoms with Gasteiger partial charge in [-0.3, -0.25) is 9.59 Å². The number of carbonyl (C=O) groups excluding carboxylic acids is 2. The first-order chi connectivity index (χ1) is 12.1. The van der Waals surface area contributed by atoms with Gasteiger partial charge in [0.15, 0.2) is 5.78 Å². The zero-order valence-corrected chi connectivity index (χ0v) is 13.7. The summed E-state index contributed by atoms with van der Waals surface area (Å²) < 4.78 is 5.41. The first-order valence-corrected chi connectivity index (χ1v) is 7.90.